The molecule has 7 nitrogen and oxygen atoms in total. The summed E-state index contributed by atoms with van der Waals surface area (Å²) in [6.45, 7) is 4.26. The molecule has 0 unspecified atom stereocenters. The predicted molar refractivity (Wildman–Crippen MR) is 128 cm³/mol. The van der Waals surface area contributed by atoms with Gasteiger partial charge in [-0.15, -0.1) is 0 Å². The smallest absolute Gasteiger partial charge is 0.254 e. The lowest BCUT2D eigenvalue weighted by molar-refractivity contribution is 0.0732. The van der Waals surface area contributed by atoms with Crippen LogP contribution in [-0.2, 0) is 24.5 Å². The predicted octanol–water partition coefficient (Wildman–Crippen LogP) is 4.47. The zero-order valence-corrected chi connectivity index (χ0v) is 19.7. The number of aromatic hydroxyl groups is 1. The molecule has 1 amide bonds. The monoisotopic (exact) mass is 463 g/mol. The number of benzene rings is 3. The Kier molecular flexibility index (Phi) is 7.23. The second kappa shape index (κ2) is 10.5. The van der Waals surface area contributed by atoms with E-state index >= 15 is 0 Å². The van der Waals surface area contributed by atoms with Crippen molar-refractivity contribution in [3.05, 3.63) is 82.4 Å². The van der Waals surface area contributed by atoms with Gasteiger partial charge in [-0.05, 0) is 42.3 Å². The maximum Gasteiger partial charge on any atom is 0.254 e. The van der Waals surface area contributed by atoms with E-state index < -0.39 is 0 Å². The molecule has 3 aromatic rings. The van der Waals surface area contributed by atoms with E-state index in [0.29, 0.717) is 38.5 Å². The Morgan fingerprint density at radius 1 is 0.971 bits per heavy atom. The number of hydrogen-bond acceptors (Lipinski definition) is 6. The zero-order chi connectivity index (χ0) is 24.1. The number of aryl methyl sites for hydroxylation is 1. The molecule has 7 heteroatoms. The van der Waals surface area contributed by atoms with Gasteiger partial charge in [-0.2, -0.15) is 0 Å². The van der Waals surface area contributed by atoms with E-state index in [9.17, 15) is 9.90 Å². The molecule has 3 aromatic carbocycles. The molecule has 1 heterocycles. The molecule has 0 saturated carbocycles. The first-order chi connectivity index (χ1) is 16.5. The molecular weight excluding hydrogens is 434 g/mol. The topological polar surface area (TPSA) is 77.5 Å². The van der Waals surface area contributed by atoms with Gasteiger partial charge in [-0.25, -0.2) is 0 Å². The fourth-order valence-corrected chi connectivity index (χ4v) is 3.88. The summed E-state index contributed by atoms with van der Waals surface area (Å²) in [7, 11) is 2.86. The highest BCUT2D eigenvalue weighted by molar-refractivity contribution is 5.95. The van der Waals surface area contributed by atoms with Crippen LogP contribution in [0.15, 0.2) is 54.6 Å². The van der Waals surface area contributed by atoms with Crippen LogP contribution >= 0.6 is 0 Å². The third-order valence-corrected chi connectivity index (χ3v) is 5.78. The van der Waals surface area contributed by atoms with Crippen LogP contribution in [0.3, 0.4) is 0 Å². The van der Waals surface area contributed by atoms with E-state index in [0.717, 1.165) is 22.4 Å². The van der Waals surface area contributed by atoms with Crippen LogP contribution in [0, 0.1) is 6.92 Å². The summed E-state index contributed by atoms with van der Waals surface area (Å²) >= 11 is 0. The fourth-order valence-electron chi connectivity index (χ4n) is 3.88. The van der Waals surface area contributed by atoms with Gasteiger partial charge >= 0.3 is 0 Å². The average molecular weight is 464 g/mol. The van der Waals surface area contributed by atoms with Crippen LogP contribution in [-0.4, -0.2) is 43.3 Å². The minimum absolute atomic E-state index is 0.138. The van der Waals surface area contributed by atoms with Crippen LogP contribution in [0.4, 0.5) is 0 Å². The number of carbonyl (C=O) groups is 1. The van der Waals surface area contributed by atoms with Crippen LogP contribution < -0.4 is 14.2 Å². The number of hydrogen-bond donors (Lipinski definition) is 1. The summed E-state index contributed by atoms with van der Waals surface area (Å²) in [5, 5.41) is 10.2. The maximum atomic E-state index is 13.3. The Hall–Kier alpha value is -3.71. The molecule has 0 atom stereocenters. The Bertz CT molecular complexity index is 1130. The van der Waals surface area contributed by atoms with E-state index in [1.807, 2.05) is 18.2 Å². The highest BCUT2D eigenvalue weighted by Crippen LogP contribution is 2.37. The van der Waals surface area contributed by atoms with Crippen LogP contribution in [0.25, 0.3) is 0 Å². The number of ether oxygens (including phenoxy) is 4. The summed E-state index contributed by atoms with van der Waals surface area (Å²) in [4.78, 5) is 15.0. The first-order valence-electron chi connectivity index (χ1n) is 11.1. The lowest BCUT2D eigenvalue weighted by Gasteiger charge is -2.21. The normalized spacial score (nSPS) is 13.0. The molecule has 1 aliphatic rings. The van der Waals surface area contributed by atoms with E-state index in [-0.39, 0.29) is 23.2 Å². The molecule has 0 fully saturated rings. The SMILES string of the molecule is COc1cc(C(=O)N2CCOc3ccc(COCc4ccc(C)cc4)cc3C2)cc(OC)c1O. The summed E-state index contributed by atoms with van der Waals surface area (Å²) in [5.74, 6) is 0.790. The zero-order valence-electron chi connectivity index (χ0n) is 19.7. The standard InChI is InChI=1S/C27H29NO6/c1-18-4-6-19(7-5-18)16-33-17-20-8-9-23-22(12-20)15-28(10-11-34-23)27(30)21-13-24(31-2)26(29)25(14-21)32-3/h4-9,12-14,29H,10-11,15-17H2,1-3H3. The Labute approximate surface area is 199 Å². The molecule has 1 aliphatic heterocycles. The van der Waals surface area contributed by atoms with Gasteiger partial charge in [0, 0.05) is 17.7 Å². The molecule has 0 aliphatic carbocycles. The van der Waals surface area contributed by atoms with Crippen molar-refractivity contribution in [2.45, 2.75) is 26.7 Å². The number of rotatable bonds is 7. The molecule has 178 valence electrons. The van der Waals surface area contributed by atoms with Gasteiger partial charge in [0.2, 0.25) is 5.75 Å². The Balaban J connectivity index is 1.47. The number of methoxy groups -OCH3 is 2. The van der Waals surface area contributed by atoms with Crippen molar-refractivity contribution >= 4 is 5.91 Å². The van der Waals surface area contributed by atoms with Crippen LogP contribution in [0.5, 0.6) is 23.0 Å². The number of fused-ring (bicyclic) bond motifs is 1. The van der Waals surface area contributed by atoms with Crippen molar-refractivity contribution < 1.29 is 28.8 Å². The second-order valence-electron chi connectivity index (χ2n) is 8.23. The summed E-state index contributed by atoms with van der Waals surface area (Å²) < 4.78 is 22.2. The van der Waals surface area contributed by atoms with Gasteiger partial charge in [0.25, 0.3) is 5.91 Å². The molecule has 34 heavy (non-hydrogen) atoms. The van der Waals surface area contributed by atoms with E-state index in [2.05, 4.69) is 31.2 Å². The summed E-state index contributed by atoms with van der Waals surface area (Å²) in [6.07, 6.45) is 0. The highest BCUT2D eigenvalue weighted by Gasteiger charge is 2.24. The summed E-state index contributed by atoms with van der Waals surface area (Å²) in [5.41, 5.74) is 4.64. The second-order valence-corrected chi connectivity index (χ2v) is 8.23. The number of phenolic OH excluding ortho intramolecular Hbond substituents is 1. The molecule has 0 bridgehead atoms. The third kappa shape index (κ3) is 5.26. The van der Waals surface area contributed by atoms with Gasteiger partial charge in [0.15, 0.2) is 11.5 Å². The molecular formula is C27H29NO6. The quantitative estimate of drug-likeness (QED) is 0.557. The number of amides is 1. The van der Waals surface area contributed by atoms with E-state index in [1.54, 1.807) is 4.90 Å². The third-order valence-electron chi connectivity index (χ3n) is 5.78. The highest BCUT2D eigenvalue weighted by atomic mass is 16.5. The number of nitrogens with zero attached hydrogens (tertiary/aromatic N) is 1. The van der Waals surface area contributed by atoms with Crippen molar-refractivity contribution in [2.75, 3.05) is 27.4 Å². The molecule has 1 N–H and O–H groups in total. The molecule has 0 aromatic heterocycles. The fraction of sp³-hybridized carbons (Fsp3) is 0.296. The van der Waals surface area contributed by atoms with Crippen LogP contribution in [0.1, 0.15) is 32.6 Å². The minimum atomic E-state index is -0.200. The average Bonchev–Trinajstić information content (AvgIpc) is 3.07. The maximum absolute atomic E-state index is 13.3. The lowest BCUT2D eigenvalue weighted by atomic mass is 10.1. The summed E-state index contributed by atoms with van der Waals surface area (Å²) in [6, 6.07) is 17.3. The number of phenols is 1. The largest absolute Gasteiger partial charge is 0.502 e. The van der Waals surface area contributed by atoms with Crippen molar-refractivity contribution in [3.8, 4) is 23.0 Å². The molecule has 0 saturated heterocycles. The van der Waals surface area contributed by atoms with Gasteiger partial charge in [-0.3, -0.25) is 4.79 Å². The van der Waals surface area contributed by atoms with Gasteiger partial charge in [-0.1, -0.05) is 35.9 Å². The Morgan fingerprint density at radius 2 is 1.62 bits per heavy atom. The molecule has 0 spiro atoms. The number of carbonyl (C=O) groups excluding carboxylic acids is 1. The molecule has 0 radical (unpaired) electrons. The van der Waals surface area contributed by atoms with Crippen molar-refractivity contribution in [3.63, 3.8) is 0 Å². The minimum Gasteiger partial charge on any atom is -0.502 e. The van der Waals surface area contributed by atoms with Crippen molar-refractivity contribution in [1.29, 1.82) is 0 Å². The van der Waals surface area contributed by atoms with Crippen molar-refractivity contribution in [2.24, 2.45) is 0 Å². The van der Waals surface area contributed by atoms with E-state index in [1.165, 1.54) is 31.9 Å². The van der Waals surface area contributed by atoms with Gasteiger partial charge in [0.1, 0.15) is 12.4 Å². The first-order valence-corrected chi connectivity index (χ1v) is 11.1. The lowest BCUT2D eigenvalue weighted by Crippen LogP contribution is -2.32. The van der Waals surface area contributed by atoms with Gasteiger partial charge in [0.05, 0.1) is 34.0 Å². The van der Waals surface area contributed by atoms with E-state index in [4.69, 9.17) is 18.9 Å². The Morgan fingerprint density at radius 3 is 2.29 bits per heavy atom. The first kappa shape index (κ1) is 23.4. The van der Waals surface area contributed by atoms with Crippen LogP contribution in [0.2, 0.25) is 0 Å². The van der Waals surface area contributed by atoms with Gasteiger partial charge < -0.3 is 29.0 Å². The van der Waals surface area contributed by atoms with Crippen molar-refractivity contribution in [1.82, 2.24) is 4.90 Å². The molecule has 4 rings (SSSR count).